The molecule has 1 aliphatic heterocycles. The zero-order valence-electron chi connectivity index (χ0n) is 14.5. The summed E-state index contributed by atoms with van der Waals surface area (Å²) in [6, 6.07) is 15.1. The van der Waals surface area contributed by atoms with E-state index in [1.54, 1.807) is 30.3 Å². The lowest BCUT2D eigenvalue weighted by molar-refractivity contribution is -0.111. The molecule has 3 rings (SSSR count). The number of halogens is 2. The van der Waals surface area contributed by atoms with E-state index < -0.39 is 26.4 Å². The molecule has 0 aromatic heterocycles. The summed E-state index contributed by atoms with van der Waals surface area (Å²) < 4.78 is 48.0. The molecule has 0 saturated carbocycles. The van der Waals surface area contributed by atoms with Gasteiger partial charge in [0, 0.05) is 11.8 Å². The molecule has 7 nitrogen and oxygen atoms in total. The minimum atomic E-state index is -4.68. The van der Waals surface area contributed by atoms with Crippen LogP contribution in [0, 0.1) is 11.3 Å². The predicted octanol–water partition coefficient (Wildman–Crippen LogP) is 3.55. The molecule has 0 aliphatic carbocycles. The third-order valence-electron chi connectivity index (χ3n) is 3.71. The van der Waals surface area contributed by atoms with E-state index in [4.69, 9.17) is 5.26 Å². The smallest absolute Gasteiger partial charge is 0.277 e. The van der Waals surface area contributed by atoms with Gasteiger partial charge in [0.25, 0.3) is 5.91 Å². The van der Waals surface area contributed by atoms with Gasteiger partial charge >= 0.3 is 5.76 Å². The van der Waals surface area contributed by atoms with Crippen LogP contribution in [0.2, 0.25) is 0 Å². The first-order chi connectivity index (χ1) is 13.8. The average molecular weight is 434 g/mol. The fourth-order valence-corrected chi connectivity index (χ4v) is 3.94. The Morgan fingerprint density at radius 3 is 2.38 bits per heavy atom. The third kappa shape index (κ3) is 4.28. The van der Waals surface area contributed by atoms with Crippen LogP contribution in [0.25, 0.3) is 0 Å². The quantitative estimate of drug-likeness (QED) is 0.570. The molecule has 11 heteroatoms. The lowest BCUT2D eigenvalue weighted by Crippen LogP contribution is -2.26. The van der Waals surface area contributed by atoms with Gasteiger partial charge < -0.3 is 0 Å². The van der Waals surface area contributed by atoms with Crippen LogP contribution in [0.3, 0.4) is 0 Å². The Morgan fingerprint density at radius 2 is 1.79 bits per heavy atom. The Bertz CT molecular complexity index is 1130. The maximum absolute atomic E-state index is 12.7. The van der Waals surface area contributed by atoms with Crippen molar-refractivity contribution < 1.29 is 22.0 Å². The minimum Gasteiger partial charge on any atom is -0.277 e. The van der Waals surface area contributed by atoms with Crippen molar-refractivity contribution in [1.29, 1.82) is 5.26 Å². The summed E-state index contributed by atoms with van der Waals surface area (Å²) in [5.41, 5.74) is 3.45. The van der Waals surface area contributed by atoms with E-state index in [1.165, 1.54) is 23.1 Å². The molecule has 1 amide bonds. The molecule has 29 heavy (non-hydrogen) atoms. The molecule has 1 N–H and O–H groups in total. The van der Waals surface area contributed by atoms with Crippen LogP contribution in [-0.4, -0.2) is 25.1 Å². The highest BCUT2D eigenvalue weighted by Crippen LogP contribution is 2.35. The van der Waals surface area contributed by atoms with Crippen LogP contribution in [0.4, 0.5) is 20.2 Å². The van der Waals surface area contributed by atoms with Gasteiger partial charge in [0.2, 0.25) is 9.84 Å². The number of thioether (sulfide) groups is 1. The van der Waals surface area contributed by atoms with Gasteiger partial charge in [-0.2, -0.15) is 19.1 Å². The van der Waals surface area contributed by atoms with Crippen LogP contribution in [-0.2, 0) is 14.6 Å². The second-order valence-corrected chi connectivity index (χ2v) is 8.48. The molecular weight excluding hydrogens is 422 g/mol. The number of rotatable bonds is 5. The van der Waals surface area contributed by atoms with Gasteiger partial charge in [-0.1, -0.05) is 18.2 Å². The van der Waals surface area contributed by atoms with Crippen LogP contribution in [0.5, 0.6) is 0 Å². The number of anilines is 2. The Morgan fingerprint density at radius 1 is 1.14 bits per heavy atom. The minimum absolute atomic E-state index is 0.0552. The monoisotopic (exact) mass is 434 g/mol. The first-order valence-corrected chi connectivity index (χ1v) is 10.3. The number of carbonyl (C=O) groups excluding carboxylic acids is 1. The van der Waals surface area contributed by atoms with Crippen LogP contribution >= 0.6 is 11.8 Å². The topological polar surface area (TPSA) is 103 Å². The Balaban J connectivity index is 1.82. The highest BCUT2D eigenvalue weighted by atomic mass is 32.2. The lowest BCUT2D eigenvalue weighted by atomic mass is 10.3. The van der Waals surface area contributed by atoms with E-state index in [0.29, 0.717) is 16.4 Å². The summed E-state index contributed by atoms with van der Waals surface area (Å²) in [7, 11) is -4.68. The van der Waals surface area contributed by atoms with Crippen LogP contribution in [0.15, 0.2) is 75.7 Å². The zero-order chi connectivity index (χ0) is 21.0. The van der Waals surface area contributed by atoms with Crippen LogP contribution < -0.4 is 10.3 Å². The molecule has 0 spiro atoms. The molecule has 0 unspecified atom stereocenters. The van der Waals surface area contributed by atoms with Crippen molar-refractivity contribution in [2.24, 2.45) is 5.10 Å². The number of para-hydroxylation sites is 1. The van der Waals surface area contributed by atoms with Gasteiger partial charge in [-0.25, -0.2) is 8.42 Å². The van der Waals surface area contributed by atoms with E-state index in [0.717, 1.165) is 23.9 Å². The first kappa shape index (κ1) is 20.5. The number of hydrogen-bond acceptors (Lipinski definition) is 7. The molecule has 1 aliphatic rings. The molecule has 0 bridgehead atoms. The molecule has 2 aromatic carbocycles. The summed E-state index contributed by atoms with van der Waals surface area (Å²) >= 11 is 0.984. The fourth-order valence-electron chi connectivity index (χ4n) is 2.36. The van der Waals surface area contributed by atoms with Crippen molar-refractivity contribution in [2.75, 3.05) is 10.3 Å². The molecular formula is C18H12F2N4O3S2. The number of alkyl halides is 2. The molecule has 1 fully saturated rings. The number of allylic oxidation sites excluding steroid dienone is 1. The van der Waals surface area contributed by atoms with E-state index >= 15 is 0 Å². The van der Waals surface area contributed by atoms with E-state index in [9.17, 15) is 22.0 Å². The average Bonchev–Trinajstić information content (AvgIpc) is 3.02. The van der Waals surface area contributed by atoms with Crippen molar-refractivity contribution >= 4 is 43.9 Å². The maximum Gasteiger partial charge on any atom is 0.341 e. The number of amides is 1. The maximum atomic E-state index is 12.7. The second kappa shape index (κ2) is 8.42. The molecule has 1 saturated heterocycles. The second-order valence-electron chi connectivity index (χ2n) is 5.55. The van der Waals surface area contributed by atoms with Crippen molar-refractivity contribution in [2.45, 2.75) is 10.7 Å². The molecule has 0 atom stereocenters. The SMILES string of the molecule is N#C/C=C1/S/C(=N/Nc2ccc(S(=O)(=O)C(F)F)cc2)C(=O)N1c1ccccc1. The van der Waals surface area contributed by atoms with E-state index in [1.807, 2.05) is 6.07 Å². The molecule has 148 valence electrons. The van der Waals surface area contributed by atoms with Crippen molar-refractivity contribution in [3.63, 3.8) is 0 Å². The van der Waals surface area contributed by atoms with E-state index in [2.05, 4.69) is 10.5 Å². The number of carbonyl (C=O) groups is 1. The number of nitriles is 1. The van der Waals surface area contributed by atoms with Crippen molar-refractivity contribution in [3.8, 4) is 6.07 Å². The lowest BCUT2D eigenvalue weighted by Gasteiger charge is -2.15. The molecule has 0 radical (unpaired) electrons. The summed E-state index contributed by atoms with van der Waals surface area (Å²) in [5.74, 6) is -3.96. The summed E-state index contributed by atoms with van der Waals surface area (Å²) in [6.07, 6.45) is 1.22. The Kier molecular flexibility index (Phi) is 5.95. The van der Waals surface area contributed by atoms with Gasteiger partial charge in [0.1, 0.15) is 0 Å². The zero-order valence-corrected chi connectivity index (χ0v) is 16.1. The van der Waals surface area contributed by atoms with Gasteiger partial charge in [-0.3, -0.25) is 15.1 Å². The number of sulfone groups is 1. The number of benzene rings is 2. The Labute approximate surface area is 169 Å². The van der Waals surface area contributed by atoms with Crippen LogP contribution in [0.1, 0.15) is 0 Å². The van der Waals surface area contributed by atoms with Gasteiger partial charge in [0.15, 0.2) is 5.04 Å². The third-order valence-corrected chi connectivity index (χ3v) is 6.08. The normalized spacial score (nSPS) is 17.2. The largest absolute Gasteiger partial charge is 0.341 e. The number of hydrogen-bond donors (Lipinski definition) is 1. The number of nitrogens with zero attached hydrogens (tertiary/aromatic N) is 3. The summed E-state index contributed by atoms with van der Waals surface area (Å²) in [4.78, 5) is 13.5. The van der Waals surface area contributed by atoms with Crippen molar-refractivity contribution in [1.82, 2.24) is 0 Å². The first-order valence-electron chi connectivity index (χ1n) is 7.97. The summed E-state index contributed by atoms with van der Waals surface area (Å²) in [6.45, 7) is 0. The standard InChI is InChI=1S/C18H12F2N4O3S2/c19-18(20)29(26,27)14-8-6-12(7-9-14)22-23-16-17(25)24(15(28-16)10-11-21)13-4-2-1-3-5-13/h1-10,18,22H/b15-10+,23-16+. The fraction of sp³-hybridized carbons (Fsp3) is 0.0556. The molecule has 1 heterocycles. The number of nitrogens with one attached hydrogen (secondary N) is 1. The van der Waals surface area contributed by atoms with E-state index in [-0.39, 0.29) is 5.04 Å². The van der Waals surface area contributed by atoms with Gasteiger partial charge in [-0.05, 0) is 48.2 Å². The number of hydrazone groups is 1. The van der Waals surface area contributed by atoms with Crippen molar-refractivity contribution in [3.05, 3.63) is 65.7 Å². The van der Waals surface area contributed by atoms with Gasteiger partial charge in [0.05, 0.1) is 21.7 Å². The summed E-state index contributed by atoms with van der Waals surface area (Å²) in [5, 5.41) is 13.4. The Hall–Kier alpha value is -3.23. The highest BCUT2D eigenvalue weighted by molar-refractivity contribution is 8.20. The highest BCUT2D eigenvalue weighted by Gasteiger charge is 2.35. The predicted molar refractivity (Wildman–Crippen MR) is 106 cm³/mol. The van der Waals surface area contributed by atoms with Gasteiger partial charge in [-0.15, -0.1) is 0 Å². The molecule has 2 aromatic rings.